The Morgan fingerprint density at radius 1 is 1.29 bits per heavy atom. The molecule has 2 atom stereocenters. The Hall–Kier alpha value is -1.76. The van der Waals surface area contributed by atoms with E-state index in [2.05, 4.69) is 25.7 Å². The molecule has 0 radical (unpaired) electrons. The fraction of sp³-hybridized carbons (Fsp3) is 0.667. The van der Waals surface area contributed by atoms with Crippen molar-refractivity contribution in [2.24, 2.45) is 11.8 Å². The van der Waals surface area contributed by atoms with Crippen molar-refractivity contribution in [1.29, 1.82) is 0 Å². The second-order valence-electron chi connectivity index (χ2n) is 7.80. The van der Waals surface area contributed by atoms with Crippen LogP contribution in [0.3, 0.4) is 0 Å². The van der Waals surface area contributed by atoms with Crippen molar-refractivity contribution in [2.45, 2.75) is 52.3 Å². The van der Waals surface area contributed by atoms with E-state index in [1.54, 1.807) is 12.1 Å². The molecule has 0 aromatic heterocycles. The maximum absolute atomic E-state index is 12.5. The number of nitrogens with zero attached hydrogens (tertiary/aromatic N) is 1. The molecule has 158 valence electrons. The highest BCUT2D eigenvalue weighted by Crippen LogP contribution is 2.40. The van der Waals surface area contributed by atoms with E-state index in [1.807, 2.05) is 0 Å². The maximum Gasteiger partial charge on any atom is 0.422 e. The van der Waals surface area contributed by atoms with E-state index in [-0.39, 0.29) is 17.7 Å². The number of aldehydes is 1. The number of rotatable bonds is 9. The molecule has 1 aliphatic heterocycles. The summed E-state index contributed by atoms with van der Waals surface area (Å²) >= 11 is 0. The van der Waals surface area contributed by atoms with Crippen LogP contribution in [0.25, 0.3) is 0 Å². The lowest BCUT2D eigenvalue weighted by molar-refractivity contribution is -0.153. The van der Waals surface area contributed by atoms with Gasteiger partial charge in [0.1, 0.15) is 6.29 Å². The zero-order valence-corrected chi connectivity index (χ0v) is 17.0. The summed E-state index contributed by atoms with van der Waals surface area (Å²) in [5.74, 6) is 0.845. The number of halogens is 3. The largest absolute Gasteiger partial charge is 0.493 e. The molecule has 0 fully saturated rings. The van der Waals surface area contributed by atoms with E-state index in [4.69, 9.17) is 9.47 Å². The number of benzene rings is 1. The highest BCUT2D eigenvalue weighted by Gasteiger charge is 2.32. The Bertz CT molecular complexity index is 661. The molecule has 0 amide bonds. The lowest BCUT2D eigenvalue weighted by atomic mass is 9.88. The molecule has 1 heterocycles. The maximum atomic E-state index is 12.5. The topological polar surface area (TPSA) is 38.8 Å². The van der Waals surface area contributed by atoms with Crippen molar-refractivity contribution in [3.8, 4) is 11.5 Å². The van der Waals surface area contributed by atoms with E-state index in [0.29, 0.717) is 24.6 Å². The molecule has 0 saturated heterocycles. The normalized spacial score (nSPS) is 18.6. The van der Waals surface area contributed by atoms with Gasteiger partial charge in [-0.2, -0.15) is 13.2 Å². The standard InChI is InChI=1S/C21H30F3NO3/c1-5-18-17-10-19(27-4)20(28-13-21(22,23)24)9-16(17)6-7-25(18)11-15(12-26)8-14(2)3/h9-10,12,14-15,18H,5-8,11,13H2,1-4H3. The molecular weight excluding hydrogens is 371 g/mol. The summed E-state index contributed by atoms with van der Waals surface area (Å²) in [5, 5.41) is 0. The molecule has 1 aromatic rings. The van der Waals surface area contributed by atoms with E-state index in [0.717, 1.165) is 36.8 Å². The van der Waals surface area contributed by atoms with Gasteiger partial charge in [-0.15, -0.1) is 0 Å². The van der Waals surface area contributed by atoms with Crippen LogP contribution in [0.15, 0.2) is 12.1 Å². The quantitative estimate of drug-likeness (QED) is 0.557. The van der Waals surface area contributed by atoms with Crippen molar-refractivity contribution >= 4 is 6.29 Å². The summed E-state index contributed by atoms with van der Waals surface area (Å²) in [6.45, 7) is 6.39. The van der Waals surface area contributed by atoms with Gasteiger partial charge in [0.25, 0.3) is 0 Å². The number of hydrogen-bond donors (Lipinski definition) is 0. The Balaban J connectivity index is 2.25. The zero-order valence-electron chi connectivity index (χ0n) is 17.0. The van der Waals surface area contributed by atoms with Crippen molar-refractivity contribution in [1.82, 2.24) is 4.90 Å². The highest BCUT2D eigenvalue weighted by molar-refractivity contribution is 5.54. The lowest BCUT2D eigenvalue weighted by Gasteiger charge is -2.38. The van der Waals surface area contributed by atoms with Crippen LogP contribution < -0.4 is 9.47 Å². The van der Waals surface area contributed by atoms with Crippen LogP contribution in [0.5, 0.6) is 11.5 Å². The third-order valence-electron chi connectivity index (χ3n) is 5.11. The van der Waals surface area contributed by atoms with E-state index in [1.165, 1.54) is 7.11 Å². The molecule has 0 bridgehead atoms. The smallest absolute Gasteiger partial charge is 0.422 e. The second kappa shape index (κ2) is 9.63. The molecule has 0 N–H and O–H groups in total. The van der Waals surface area contributed by atoms with E-state index in [9.17, 15) is 18.0 Å². The summed E-state index contributed by atoms with van der Waals surface area (Å²) < 4.78 is 47.8. The Labute approximate surface area is 165 Å². The minimum absolute atomic E-state index is 0.0214. The third kappa shape index (κ3) is 5.87. The van der Waals surface area contributed by atoms with E-state index >= 15 is 0 Å². The molecule has 0 saturated carbocycles. The molecule has 0 spiro atoms. The Morgan fingerprint density at radius 2 is 2.00 bits per heavy atom. The molecule has 2 unspecified atom stereocenters. The lowest BCUT2D eigenvalue weighted by Crippen LogP contribution is -2.39. The molecule has 4 nitrogen and oxygen atoms in total. The van der Waals surface area contributed by atoms with Crippen LogP contribution in [-0.2, 0) is 11.2 Å². The van der Waals surface area contributed by atoms with Gasteiger partial charge in [-0.05, 0) is 48.4 Å². The molecule has 1 aromatic carbocycles. The predicted molar refractivity (Wildman–Crippen MR) is 102 cm³/mol. The van der Waals surface area contributed by atoms with Gasteiger partial charge < -0.3 is 14.3 Å². The molecule has 0 aliphatic carbocycles. The van der Waals surface area contributed by atoms with Gasteiger partial charge in [0.05, 0.1) is 7.11 Å². The fourth-order valence-corrected chi connectivity index (χ4v) is 3.97. The molecule has 1 aliphatic rings. The molecule has 28 heavy (non-hydrogen) atoms. The Kier molecular flexibility index (Phi) is 7.75. The van der Waals surface area contributed by atoms with Gasteiger partial charge in [0, 0.05) is 25.0 Å². The number of ether oxygens (including phenoxy) is 2. The summed E-state index contributed by atoms with van der Waals surface area (Å²) in [6, 6.07) is 3.56. The minimum Gasteiger partial charge on any atom is -0.493 e. The number of hydrogen-bond acceptors (Lipinski definition) is 4. The summed E-state index contributed by atoms with van der Waals surface area (Å²) in [4.78, 5) is 13.8. The first-order valence-electron chi connectivity index (χ1n) is 9.78. The van der Waals surface area contributed by atoms with Crippen LogP contribution in [0, 0.1) is 11.8 Å². The number of alkyl halides is 3. The van der Waals surface area contributed by atoms with E-state index < -0.39 is 12.8 Å². The number of methoxy groups -OCH3 is 1. The van der Waals surface area contributed by atoms with Crippen LogP contribution in [0.4, 0.5) is 13.2 Å². The van der Waals surface area contributed by atoms with Gasteiger partial charge in [-0.1, -0.05) is 20.8 Å². The molecular formula is C21H30F3NO3. The number of carbonyl (C=O) groups is 1. The van der Waals surface area contributed by atoms with Crippen LogP contribution >= 0.6 is 0 Å². The van der Waals surface area contributed by atoms with Crippen molar-refractivity contribution in [3.05, 3.63) is 23.3 Å². The first-order chi connectivity index (χ1) is 13.2. The van der Waals surface area contributed by atoms with Gasteiger partial charge >= 0.3 is 6.18 Å². The first kappa shape index (κ1) is 22.5. The zero-order chi connectivity index (χ0) is 20.9. The minimum atomic E-state index is -4.40. The highest BCUT2D eigenvalue weighted by atomic mass is 19.4. The van der Waals surface area contributed by atoms with Crippen LogP contribution in [-0.4, -0.2) is 44.2 Å². The summed E-state index contributed by atoms with van der Waals surface area (Å²) in [6.07, 6.45) is -0.977. The molecule has 7 heteroatoms. The van der Waals surface area contributed by atoms with Gasteiger partial charge in [0.2, 0.25) is 0 Å². The molecule has 2 rings (SSSR count). The van der Waals surface area contributed by atoms with Crippen molar-refractivity contribution < 1.29 is 27.4 Å². The first-order valence-corrected chi connectivity index (χ1v) is 9.78. The fourth-order valence-electron chi connectivity index (χ4n) is 3.97. The average Bonchev–Trinajstić information content (AvgIpc) is 2.63. The van der Waals surface area contributed by atoms with Crippen molar-refractivity contribution in [3.63, 3.8) is 0 Å². The number of carbonyl (C=O) groups excluding carboxylic acids is 1. The second-order valence-corrected chi connectivity index (χ2v) is 7.80. The number of fused-ring (bicyclic) bond motifs is 1. The third-order valence-corrected chi connectivity index (χ3v) is 5.11. The summed E-state index contributed by atoms with van der Waals surface area (Å²) in [7, 11) is 1.43. The van der Waals surface area contributed by atoms with Crippen LogP contribution in [0.1, 0.15) is 50.8 Å². The SMILES string of the molecule is CCC1c2cc(OC)c(OCC(F)(F)F)cc2CCN1CC(C=O)CC(C)C. The Morgan fingerprint density at radius 3 is 2.54 bits per heavy atom. The van der Waals surface area contributed by atoms with Crippen molar-refractivity contribution in [2.75, 3.05) is 26.8 Å². The predicted octanol–water partition coefficient (Wildman–Crippen LogP) is 4.81. The van der Waals surface area contributed by atoms with Crippen LogP contribution in [0.2, 0.25) is 0 Å². The summed E-state index contributed by atoms with van der Waals surface area (Å²) in [5.41, 5.74) is 2.02. The average molecular weight is 401 g/mol. The monoisotopic (exact) mass is 401 g/mol. The van der Waals surface area contributed by atoms with Gasteiger partial charge in [-0.3, -0.25) is 4.90 Å². The van der Waals surface area contributed by atoms with Gasteiger partial charge in [0.15, 0.2) is 18.1 Å². The van der Waals surface area contributed by atoms with Gasteiger partial charge in [-0.25, -0.2) is 0 Å².